The molecule has 1 aromatic rings. The summed E-state index contributed by atoms with van der Waals surface area (Å²) >= 11 is 0. The first-order chi connectivity index (χ1) is 36.7. The fraction of sp³-hybridized carbons (Fsp3) is 0.855. The third-order valence-corrected chi connectivity index (χ3v) is 24.5. The summed E-state index contributed by atoms with van der Waals surface area (Å²) < 4.78 is 9.81. The lowest BCUT2D eigenvalue weighted by Crippen LogP contribution is -2.42. The standard InChI is InChI=1S/C17H28O2.C16H26O2.C14H22.C10H14.C8H14O4.C4H10/c1-5-10-7-11(6-2)15-13-8-12(14(10)15)9-17(13,3)16(18)19-4;1-4-9-6-10(5-2)14-12-7-11(13(9)14)8-16(12,3)15(17)18;1-7-8(2)12-6-11(7)13-9-3-4-10(5-9)14(12)13;1-3-9(2)10-7-5-4-6-8-10;1-3-6(2)8(11)12-5-4-7(9)10;1-3-4-2/h10-15H,5-9H2,1-4H3;9-14H,4-8H2,1-3H3,(H,17,18);7-14H,3-6H2,1-2H3;4-9H,3H2,1-2H3;6H,3-5H2,1-2H3,(H,9,10);3-4H2,1-2H3. The number of fused-ring (bicyclic) bond motifs is 19. The molecule has 0 aliphatic heterocycles. The van der Waals surface area contributed by atoms with Gasteiger partial charge in [0.25, 0.3) is 0 Å². The summed E-state index contributed by atoms with van der Waals surface area (Å²) in [6.07, 6.45) is 23.3. The fourth-order valence-electron chi connectivity index (χ4n) is 20.0. The molecule has 0 heterocycles. The van der Waals surface area contributed by atoms with Crippen LogP contribution in [0.25, 0.3) is 0 Å². The number of unbranched alkanes of at least 4 members (excludes halogenated alkanes) is 1. The van der Waals surface area contributed by atoms with Crippen molar-refractivity contribution in [2.45, 2.75) is 225 Å². The Hall–Kier alpha value is -2.90. The van der Waals surface area contributed by atoms with E-state index >= 15 is 0 Å². The Balaban J connectivity index is 0.000000156. The maximum absolute atomic E-state index is 12.2. The summed E-state index contributed by atoms with van der Waals surface area (Å²) in [5, 5.41) is 17.8. The van der Waals surface area contributed by atoms with Gasteiger partial charge < -0.3 is 19.7 Å². The van der Waals surface area contributed by atoms with Crippen LogP contribution >= 0.6 is 0 Å². The molecule has 0 saturated heterocycles. The minimum absolute atomic E-state index is 0.0293. The van der Waals surface area contributed by atoms with Crippen LogP contribution in [0.15, 0.2) is 30.3 Å². The molecule has 0 radical (unpaired) electrons. The smallest absolute Gasteiger partial charge is 0.311 e. The molecule has 11 rings (SSSR count). The quantitative estimate of drug-likeness (QED) is 0.139. The van der Waals surface area contributed by atoms with Crippen molar-refractivity contribution in [2.24, 2.45) is 135 Å². The van der Waals surface area contributed by atoms with Gasteiger partial charge in [-0.15, -0.1) is 0 Å². The number of carboxylic acid groups (broad SMARTS) is 2. The van der Waals surface area contributed by atoms with Gasteiger partial charge in [-0.3, -0.25) is 19.2 Å². The predicted octanol–water partition coefficient (Wildman–Crippen LogP) is 17.3. The highest BCUT2D eigenvalue weighted by Crippen LogP contribution is 2.72. The van der Waals surface area contributed by atoms with Gasteiger partial charge in [-0.25, -0.2) is 0 Å². The molecular weight excluding hydrogens is 957 g/mol. The highest BCUT2D eigenvalue weighted by atomic mass is 16.5. The van der Waals surface area contributed by atoms with Gasteiger partial charge in [-0.2, -0.15) is 0 Å². The van der Waals surface area contributed by atoms with Crippen molar-refractivity contribution >= 4 is 23.9 Å². The van der Waals surface area contributed by atoms with Crippen molar-refractivity contribution in [3.8, 4) is 0 Å². The van der Waals surface area contributed by atoms with E-state index in [1.165, 1.54) is 99.9 Å². The van der Waals surface area contributed by atoms with E-state index in [2.05, 4.69) is 111 Å². The second-order valence-electron chi connectivity index (χ2n) is 27.8. The van der Waals surface area contributed by atoms with E-state index in [-0.39, 0.29) is 36.3 Å². The number of carbonyl (C=O) groups excluding carboxylic acids is 2. The molecule has 8 bridgehead atoms. The van der Waals surface area contributed by atoms with Crippen LogP contribution in [0.3, 0.4) is 0 Å². The van der Waals surface area contributed by atoms with Crippen molar-refractivity contribution in [1.82, 2.24) is 0 Å². The van der Waals surface area contributed by atoms with E-state index in [9.17, 15) is 24.3 Å². The molecule has 24 unspecified atom stereocenters. The molecule has 0 aromatic heterocycles. The zero-order valence-corrected chi connectivity index (χ0v) is 51.6. The van der Waals surface area contributed by atoms with Crippen molar-refractivity contribution in [2.75, 3.05) is 13.7 Å². The van der Waals surface area contributed by atoms with Gasteiger partial charge in [0, 0.05) is 0 Å². The molecule has 1 aromatic carbocycles. The Labute approximate surface area is 470 Å². The van der Waals surface area contributed by atoms with Gasteiger partial charge >= 0.3 is 23.9 Å². The summed E-state index contributed by atoms with van der Waals surface area (Å²) in [5.41, 5.74) is 0.850. The molecule has 8 nitrogen and oxygen atoms in total. The van der Waals surface area contributed by atoms with Crippen LogP contribution in [0, 0.1) is 135 Å². The first kappa shape index (κ1) is 63.3. The van der Waals surface area contributed by atoms with Crippen LogP contribution in [0.2, 0.25) is 0 Å². The van der Waals surface area contributed by atoms with Gasteiger partial charge in [-0.1, -0.05) is 152 Å². The number of rotatable bonds is 14. The molecular formula is C69H114O8. The number of esters is 2. The molecule has 0 spiro atoms. The highest BCUT2D eigenvalue weighted by molar-refractivity contribution is 5.77. The SMILES string of the molecule is CC1C(C)C2CC1C1C3CCC(C3)C21.CCC(C)C(=O)OCCC(=O)O.CCC(C)c1ccccc1.CCC1CC(CC)C2C1C1CC2C(C)(C(=O)O)C1.CCC1CC(CC)C2C1C1CC2C(C)(C(=O)OC)C1.CCCC. The minimum atomic E-state index is -0.952. The summed E-state index contributed by atoms with van der Waals surface area (Å²) in [5.74, 6) is 17.3. The molecule has 24 atom stereocenters. The van der Waals surface area contributed by atoms with Gasteiger partial charge in [0.05, 0.1) is 30.3 Å². The van der Waals surface area contributed by atoms with Crippen molar-refractivity contribution < 1.29 is 38.9 Å². The number of hydrogen-bond donors (Lipinski definition) is 2. The van der Waals surface area contributed by atoms with Crippen LogP contribution in [-0.2, 0) is 28.7 Å². The lowest BCUT2D eigenvalue weighted by molar-refractivity contribution is -0.158. The summed E-state index contributed by atoms with van der Waals surface area (Å²) in [7, 11) is 1.55. The zero-order chi connectivity index (χ0) is 56.7. The van der Waals surface area contributed by atoms with E-state index in [1.807, 2.05) is 13.8 Å². The van der Waals surface area contributed by atoms with Crippen LogP contribution in [0.5, 0.6) is 0 Å². The molecule has 8 heteroatoms. The second-order valence-corrected chi connectivity index (χ2v) is 27.8. The molecule has 77 heavy (non-hydrogen) atoms. The maximum atomic E-state index is 12.2. The van der Waals surface area contributed by atoms with E-state index in [4.69, 9.17) is 9.84 Å². The molecule has 0 amide bonds. The van der Waals surface area contributed by atoms with Crippen molar-refractivity contribution in [3.05, 3.63) is 35.9 Å². The third-order valence-electron chi connectivity index (χ3n) is 24.5. The van der Waals surface area contributed by atoms with Crippen molar-refractivity contribution in [1.29, 1.82) is 0 Å². The van der Waals surface area contributed by atoms with E-state index in [0.29, 0.717) is 30.1 Å². The first-order valence-electron chi connectivity index (χ1n) is 32.4. The van der Waals surface area contributed by atoms with Crippen LogP contribution in [0.4, 0.5) is 0 Å². The summed E-state index contributed by atoms with van der Waals surface area (Å²) in [6, 6.07) is 10.6. The Morgan fingerprint density at radius 3 is 1.44 bits per heavy atom. The Morgan fingerprint density at radius 2 is 1.04 bits per heavy atom. The number of carboxylic acids is 2. The number of benzene rings is 1. The topological polar surface area (TPSA) is 127 Å². The first-order valence-corrected chi connectivity index (χ1v) is 32.4. The molecule has 10 saturated carbocycles. The normalized spacial score (nSPS) is 41.8. The minimum Gasteiger partial charge on any atom is -0.481 e. The van der Waals surface area contributed by atoms with Crippen LogP contribution in [-0.4, -0.2) is 47.8 Å². The van der Waals surface area contributed by atoms with Crippen LogP contribution in [0.1, 0.15) is 230 Å². The largest absolute Gasteiger partial charge is 0.481 e. The Kier molecular flexibility index (Phi) is 22.8. The molecule has 2 N–H and O–H groups in total. The molecule has 438 valence electrons. The summed E-state index contributed by atoms with van der Waals surface area (Å²) in [6.45, 7) is 31.0. The maximum Gasteiger partial charge on any atom is 0.311 e. The predicted molar refractivity (Wildman–Crippen MR) is 313 cm³/mol. The summed E-state index contributed by atoms with van der Waals surface area (Å²) in [4.78, 5) is 44.9. The fourth-order valence-corrected chi connectivity index (χ4v) is 20.0. The average molecular weight is 1070 g/mol. The Bertz CT molecular complexity index is 2010. The molecule has 10 aliphatic rings. The molecule has 10 fully saturated rings. The molecule has 10 aliphatic carbocycles. The van der Waals surface area contributed by atoms with E-state index in [0.717, 1.165) is 89.8 Å². The Morgan fingerprint density at radius 1 is 0.584 bits per heavy atom. The van der Waals surface area contributed by atoms with Gasteiger partial charge in [0.15, 0.2) is 0 Å². The third kappa shape index (κ3) is 12.9. The zero-order valence-electron chi connectivity index (χ0n) is 51.6. The number of ether oxygens (including phenoxy) is 2. The van der Waals surface area contributed by atoms with Gasteiger partial charge in [0.2, 0.25) is 0 Å². The number of aliphatic carboxylic acids is 2. The second kappa shape index (κ2) is 27.7. The van der Waals surface area contributed by atoms with Crippen molar-refractivity contribution in [3.63, 3.8) is 0 Å². The van der Waals surface area contributed by atoms with Crippen LogP contribution < -0.4 is 0 Å². The number of carbonyl (C=O) groups is 4. The highest BCUT2D eigenvalue weighted by Gasteiger charge is 2.68. The van der Waals surface area contributed by atoms with E-state index in [1.54, 1.807) is 39.7 Å². The monoisotopic (exact) mass is 1070 g/mol. The lowest BCUT2D eigenvalue weighted by atomic mass is 9.63. The lowest BCUT2D eigenvalue weighted by Gasteiger charge is -2.41. The number of methoxy groups -OCH3 is 1. The van der Waals surface area contributed by atoms with Gasteiger partial charge in [-0.05, 0) is 221 Å². The van der Waals surface area contributed by atoms with E-state index < -0.39 is 17.4 Å². The number of hydrogen-bond acceptors (Lipinski definition) is 6. The van der Waals surface area contributed by atoms with Gasteiger partial charge in [0.1, 0.15) is 6.61 Å². The average Bonchev–Trinajstić information content (AvgIpc) is 4.48.